The maximum absolute atomic E-state index is 12.8. The van der Waals surface area contributed by atoms with Gasteiger partial charge in [-0.1, -0.05) is 18.5 Å². The lowest BCUT2D eigenvalue weighted by atomic mass is 10.1. The van der Waals surface area contributed by atoms with E-state index in [1.807, 2.05) is 14.0 Å². The third kappa shape index (κ3) is 4.40. The Bertz CT molecular complexity index is 576. The van der Waals surface area contributed by atoms with Gasteiger partial charge in [-0.3, -0.25) is 0 Å². The molecular formula is C14H23ClN2O3S. The van der Waals surface area contributed by atoms with Crippen LogP contribution < -0.4 is 5.32 Å². The van der Waals surface area contributed by atoms with Crippen LogP contribution in [0.1, 0.15) is 18.1 Å². The van der Waals surface area contributed by atoms with Crippen LogP contribution in [0.2, 0.25) is 5.02 Å². The van der Waals surface area contributed by atoms with Gasteiger partial charge in [-0.15, -0.1) is 0 Å². The number of hydrogen-bond acceptors (Lipinski definition) is 4. The third-order valence-electron chi connectivity index (χ3n) is 3.31. The quantitative estimate of drug-likeness (QED) is 0.790. The summed E-state index contributed by atoms with van der Waals surface area (Å²) in [6.07, 6.45) is 0. The molecule has 1 aromatic carbocycles. The number of nitrogens with one attached hydrogen (secondary N) is 1. The molecule has 0 aromatic heterocycles. The predicted molar refractivity (Wildman–Crippen MR) is 85.3 cm³/mol. The highest BCUT2D eigenvalue weighted by Crippen LogP contribution is 2.27. The van der Waals surface area contributed by atoms with E-state index in [2.05, 4.69) is 5.32 Å². The van der Waals surface area contributed by atoms with E-state index in [4.69, 9.17) is 16.3 Å². The molecule has 5 nitrogen and oxygen atoms in total. The summed E-state index contributed by atoms with van der Waals surface area (Å²) >= 11 is 6.08. The number of likely N-dealkylation sites (N-methyl/N-ethyl adjacent to an activating group) is 1. The number of nitrogens with zero attached hydrogens (tertiary/aromatic N) is 1. The first-order valence-corrected chi connectivity index (χ1v) is 8.63. The Morgan fingerprint density at radius 3 is 2.57 bits per heavy atom. The van der Waals surface area contributed by atoms with Gasteiger partial charge in [-0.05, 0) is 37.2 Å². The highest BCUT2D eigenvalue weighted by Gasteiger charge is 2.26. The molecule has 1 N–H and O–H groups in total. The van der Waals surface area contributed by atoms with Crippen LogP contribution >= 0.6 is 11.6 Å². The minimum Gasteiger partial charge on any atom is -0.383 e. The zero-order valence-corrected chi connectivity index (χ0v) is 14.5. The van der Waals surface area contributed by atoms with Gasteiger partial charge in [0.1, 0.15) is 0 Å². The first-order chi connectivity index (χ1) is 9.88. The normalized spacial score (nSPS) is 12.1. The lowest BCUT2D eigenvalue weighted by Crippen LogP contribution is -2.34. The third-order valence-corrected chi connectivity index (χ3v) is 5.63. The molecule has 21 heavy (non-hydrogen) atoms. The second kappa shape index (κ2) is 8.10. The number of ether oxygens (including phenoxy) is 1. The van der Waals surface area contributed by atoms with Crippen molar-refractivity contribution in [1.82, 2.24) is 9.62 Å². The Balaban J connectivity index is 3.29. The first-order valence-electron chi connectivity index (χ1n) is 6.81. The Morgan fingerprint density at radius 2 is 2.05 bits per heavy atom. The summed E-state index contributed by atoms with van der Waals surface area (Å²) in [4.78, 5) is 0.262. The van der Waals surface area contributed by atoms with Crippen LogP contribution in [0.4, 0.5) is 0 Å². The van der Waals surface area contributed by atoms with E-state index in [1.165, 1.54) is 10.4 Å². The van der Waals surface area contributed by atoms with Gasteiger partial charge in [-0.25, -0.2) is 8.42 Å². The molecule has 0 aliphatic heterocycles. The van der Waals surface area contributed by atoms with Gasteiger partial charge in [0.15, 0.2) is 0 Å². The summed E-state index contributed by atoms with van der Waals surface area (Å²) < 4.78 is 32.0. The van der Waals surface area contributed by atoms with Crippen molar-refractivity contribution in [2.24, 2.45) is 0 Å². The van der Waals surface area contributed by atoms with Crippen LogP contribution in [0.25, 0.3) is 0 Å². The van der Waals surface area contributed by atoms with Crippen LogP contribution in [-0.2, 0) is 21.3 Å². The summed E-state index contributed by atoms with van der Waals surface area (Å²) in [5, 5.41) is 3.44. The average molecular weight is 335 g/mol. The smallest absolute Gasteiger partial charge is 0.243 e. The second-order valence-corrected chi connectivity index (χ2v) is 7.05. The minimum absolute atomic E-state index is 0.262. The molecule has 1 rings (SSSR count). The van der Waals surface area contributed by atoms with E-state index in [1.54, 1.807) is 20.1 Å². The SMILES string of the molecule is CCN(CCOC)S(=O)(=O)c1cc(Cl)cc(CNC)c1C. The molecule has 7 heteroatoms. The molecule has 0 atom stereocenters. The zero-order valence-electron chi connectivity index (χ0n) is 12.9. The highest BCUT2D eigenvalue weighted by molar-refractivity contribution is 7.89. The van der Waals surface area contributed by atoms with Crippen molar-refractivity contribution in [3.63, 3.8) is 0 Å². The van der Waals surface area contributed by atoms with Crippen molar-refractivity contribution in [3.05, 3.63) is 28.3 Å². The number of benzene rings is 1. The first kappa shape index (κ1) is 18.4. The molecule has 0 heterocycles. The molecule has 0 spiro atoms. The van der Waals surface area contributed by atoms with Gasteiger partial charge in [0.2, 0.25) is 10.0 Å². The Hall–Kier alpha value is -0.660. The topological polar surface area (TPSA) is 58.6 Å². The fourth-order valence-electron chi connectivity index (χ4n) is 2.13. The molecule has 120 valence electrons. The summed E-state index contributed by atoms with van der Waals surface area (Å²) in [6, 6.07) is 3.30. The number of methoxy groups -OCH3 is 1. The van der Waals surface area contributed by atoms with Crippen molar-refractivity contribution < 1.29 is 13.2 Å². The zero-order chi connectivity index (χ0) is 16.0. The van der Waals surface area contributed by atoms with Gasteiger partial charge in [0.25, 0.3) is 0 Å². The molecule has 0 amide bonds. The van der Waals surface area contributed by atoms with Crippen LogP contribution in [-0.4, -0.2) is 46.6 Å². The lowest BCUT2D eigenvalue weighted by Gasteiger charge is -2.22. The number of sulfonamides is 1. The number of rotatable bonds is 8. The minimum atomic E-state index is -3.58. The molecule has 0 fully saturated rings. The Morgan fingerprint density at radius 1 is 1.38 bits per heavy atom. The Labute approximate surface area is 132 Å². The van der Waals surface area contributed by atoms with E-state index in [9.17, 15) is 8.42 Å². The fraction of sp³-hybridized carbons (Fsp3) is 0.571. The lowest BCUT2D eigenvalue weighted by molar-refractivity contribution is 0.180. The average Bonchev–Trinajstić information content (AvgIpc) is 2.43. The van der Waals surface area contributed by atoms with E-state index in [0.29, 0.717) is 31.3 Å². The van der Waals surface area contributed by atoms with Crippen molar-refractivity contribution >= 4 is 21.6 Å². The molecule has 0 saturated heterocycles. The number of hydrogen-bond donors (Lipinski definition) is 1. The fourth-order valence-corrected chi connectivity index (χ4v) is 4.16. The molecule has 0 aliphatic carbocycles. The van der Waals surface area contributed by atoms with Crippen molar-refractivity contribution in [1.29, 1.82) is 0 Å². The molecule has 0 saturated carbocycles. The van der Waals surface area contributed by atoms with Gasteiger partial charge in [0.05, 0.1) is 11.5 Å². The molecule has 0 aliphatic rings. The maximum Gasteiger partial charge on any atom is 0.243 e. The van der Waals surface area contributed by atoms with Gasteiger partial charge < -0.3 is 10.1 Å². The molecule has 1 aromatic rings. The van der Waals surface area contributed by atoms with Crippen LogP contribution in [0, 0.1) is 6.92 Å². The van der Waals surface area contributed by atoms with E-state index < -0.39 is 10.0 Å². The van der Waals surface area contributed by atoms with E-state index >= 15 is 0 Å². The van der Waals surface area contributed by atoms with Gasteiger partial charge >= 0.3 is 0 Å². The highest BCUT2D eigenvalue weighted by atomic mass is 35.5. The van der Waals surface area contributed by atoms with Crippen molar-refractivity contribution in [2.45, 2.75) is 25.3 Å². The standard InChI is InChI=1S/C14H23ClN2O3S/c1-5-17(6-7-20-4)21(18,19)14-9-13(15)8-12(10-16-3)11(14)2/h8-9,16H,5-7,10H2,1-4H3. The number of halogens is 1. The Kier molecular flexibility index (Phi) is 7.09. The summed E-state index contributed by atoms with van der Waals surface area (Å²) in [6.45, 7) is 5.25. The second-order valence-electron chi connectivity index (χ2n) is 4.71. The summed E-state index contributed by atoms with van der Waals surface area (Å²) in [7, 11) is -0.214. The molecule has 0 radical (unpaired) electrons. The molecular weight excluding hydrogens is 312 g/mol. The van der Waals surface area contributed by atoms with Gasteiger partial charge in [0, 0.05) is 31.8 Å². The molecule has 0 bridgehead atoms. The summed E-state index contributed by atoms with van der Waals surface area (Å²) in [5.41, 5.74) is 1.61. The van der Waals surface area contributed by atoms with Crippen molar-refractivity contribution in [3.8, 4) is 0 Å². The van der Waals surface area contributed by atoms with E-state index in [-0.39, 0.29) is 4.90 Å². The van der Waals surface area contributed by atoms with Gasteiger partial charge in [-0.2, -0.15) is 4.31 Å². The van der Waals surface area contributed by atoms with Crippen LogP contribution in [0.3, 0.4) is 0 Å². The van der Waals surface area contributed by atoms with E-state index in [0.717, 1.165) is 11.1 Å². The van der Waals surface area contributed by atoms with Crippen molar-refractivity contribution in [2.75, 3.05) is 33.9 Å². The van der Waals surface area contributed by atoms with Crippen LogP contribution in [0.5, 0.6) is 0 Å². The van der Waals surface area contributed by atoms with Crippen LogP contribution in [0.15, 0.2) is 17.0 Å². The monoisotopic (exact) mass is 334 g/mol. The largest absolute Gasteiger partial charge is 0.383 e. The predicted octanol–water partition coefficient (Wildman–Crippen LogP) is 2.02. The summed E-state index contributed by atoms with van der Waals surface area (Å²) in [5.74, 6) is 0. The molecule has 0 unspecified atom stereocenters. The maximum atomic E-state index is 12.8.